The van der Waals surface area contributed by atoms with Gasteiger partial charge in [0.1, 0.15) is 5.82 Å². The number of halogens is 1. The second-order valence-electron chi connectivity index (χ2n) is 6.92. The largest absolute Gasteiger partial charge is 0.481 e. The summed E-state index contributed by atoms with van der Waals surface area (Å²) >= 11 is 0. The zero-order valence-corrected chi connectivity index (χ0v) is 15.0. The number of nitrogens with zero attached hydrogens (tertiary/aromatic N) is 1. The number of nitrogens with one attached hydrogen (secondary N) is 1. The van der Waals surface area contributed by atoms with E-state index in [2.05, 4.69) is 5.32 Å². The van der Waals surface area contributed by atoms with E-state index < -0.39 is 33.1 Å². The third-order valence-electron chi connectivity index (χ3n) is 5.12. The van der Waals surface area contributed by atoms with E-state index in [0.29, 0.717) is 25.8 Å². The van der Waals surface area contributed by atoms with E-state index in [-0.39, 0.29) is 23.5 Å². The lowest BCUT2D eigenvalue weighted by Crippen LogP contribution is -2.33. The van der Waals surface area contributed by atoms with Crippen molar-refractivity contribution in [2.45, 2.75) is 38.5 Å². The van der Waals surface area contributed by atoms with Crippen LogP contribution in [-0.2, 0) is 19.6 Å². The lowest BCUT2D eigenvalue weighted by atomic mass is 9.82. The number of hydrogen-bond donors (Lipinski definition) is 2. The molecule has 0 radical (unpaired) electrons. The van der Waals surface area contributed by atoms with Crippen LogP contribution < -0.4 is 9.62 Å². The molecule has 1 aliphatic carbocycles. The minimum absolute atomic E-state index is 0.0349. The minimum atomic E-state index is -3.42. The van der Waals surface area contributed by atoms with Crippen molar-refractivity contribution in [1.82, 2.24) is 0 Å². The van der Waals surface area contributed by atoms with Gasteiger partial charge >= 0.3 is 5.97 Å². The summed E-state index contributed by atoms with van der Waals surface area (Å²) < 4.78 is 39.3. The molecule has 1 aromatic rings. The van der Waals surface area contributed by atoms with Gasteiger partial charge in [0.2, 0.25) is 15.9 Å². The average Bonchev–Trinajstić information content (AvgIpc) is 3.16. The van der Waals surface area contributed by atoms with E-state index in [1.165, 1.54) is 16.4 Å². The second kappa shape index (κ2) is 6.86. The molecule has 2 aliphatic rings. The van der Waals surface area contributed by atoms with E-state index in [0.717, 1.165) is 18.9 Å². The summed E-state index contributed by atoms with van der Waals surface area (Å²) in [6.45, 7) is 0.309. The third kappa shape index (κ3) is 3.53. The molecule has 0 aromatic heterocycles. The number of benzene rings is 1. The minimum Gasteiger partial charge on any atom is -0.481 e. The van der Waals surface area contributed by atoms with Crippen molar-refractivity contribution >= 4 is 33.3 Å². The predicted octanol–water partition coefficient (Wildman–Crippen LogP) is 2.34. The van der Waals surface area contributed by atoms with Gasteiger partial charge in [-0.3, -0.25) is 13.9 Å². The molecular formula is C17H21FN2O5S. The highest BCUT2D eigenvalue weighted by Gasteiger charge is 2.43. The number of rotatable bonds is 5. The van der Waals surface area contributed by atoms with Crippen LogP contribution in [0.15, 0.2) is 18.2 Å². The monoisotopic (exact) mass is 384 g/mol. The van der Waals surface area contributed by atoms with E-state index in [1.807, 2.05) is 0 Å². The molecule has 26 heavy (non-hydrogen) atoms. The number of aliphatic carboxylic acids is 1. The highest BCUT2D eigenvalue weighted by Crippen LogP contribution is 2.41. The number of hydrogen-bond acceptors (Lipinski definition) is 4. The van der Waals surface area contributed by atoms with Gasteiger partial charge in [-0.1, -0.05) is 12.8 Å². The normalized spacial score (nSPS) is 20.9. The Bertz CT molecular complexity index is 834. The Balaban J connectivity index is 1.78. The number of amides is 1. The maximum Gasteiger partial charge on any atom is 0.310 e. The molecule has 1 heterocycles. The molecule has 9 heteroatoms. The van der Waals surface area contributed by atoms with Gasteiger partial charge in [0.05, 0.1) is 22.5 Å². The number of carboxylic acids is 1. The lowest BCUT2D eigenvalue weighted by molar-refractivity contribution is -0.150. The van der Waals surface area contributed by atoms with Gasteiger partial charge in [0.15, 0.2) is 0 Å². The van der Waals surface area contributed by atoms with Crippen LogP contribution in [0.25, 0.3) is 0 Å². The van der Waals surface area contributed by atoms with Gasteiger partial charge in [-0.05, 0) is 37.5 Å². The molecule has 2 fully saturated rings. The quantitative estimate of drug-likeness (QED) is 0.811. The summed E-state index contributed by atoms with van der Waals surface area (Å²) in [7, 11) is -3.42. The summed E-state index contributed by atoms with van der Waals surface area (Å²) in [5.41, 5.74) is -0.961. The van der Waals surface area contributed by atoms with Crippen molar-refractivity contribution in [3.8, 4) is 0 Å². The second-order valence-corrected chi connectivity index (χ2v) is 8.94. The van der Waals surface area contributed by atoms with Crippen LogP contribution in [0.1, 0.15) is 38.5 Å². The Labute approximate surface area is 151 Å². The van der Waals surface area contributed by atoms with Crippen molar-refractivity contribution in [3.63, 3.8) is 0 Å². The van der Waals surface area contributed by atoms with E-state index in [9.17, 15) is 27.5 Å². The molecule has 142 valence electrons. The Morgan fingerprint density at radius 3 is 2.50 bits per heavy atom. The highest BCUT2D eigenvalue weighted by atomic mass is 32.2. The Hall–Kier alpha value is -2.16. The van der Waals surface area contributed by atoms with Crippen molar-refractivity contribution in [3.05, 3.63) is 24.0 Å². The van der Waals surface area contributed by atoms with Crippen molar-refractivity contribution < 1.29 is 27.5 Å². The Morgan fingerprint density at radius 2 is 1.92 bits per heavy atom. The fraction of sp³-hybridized carbons (Fsp3) is 0.529. The molecular weight excluding hydrogens is 363 g/mol. The maximum atomic E-state index is 14.1. The number of carbonyl (C=O) groups excluding carboxylic acids is 1. The number of sulfonamides is 1. The van der Waals surface area contributed by atoms with Gasteiger partial charge in [-0.25, -0.2) is 12.8 Å². The van der Waals surface area contributed by atoms with Crippen LogP contribution >= 0.6 is 0 Å². The van der Waals surface area contributed by atoms with E-state index in [1.54, 1.807) is 0 Å². The maximum absolute atomic E-state index is 14.1. The number of anilines is 2. The predicted molar refractivity (Wildman–Crippen MR) is 93.9 cm³/mol. The fourth-order valence-electron chi connectivity index (χ4n) is 3.71. The van der Waals surface area contributed by atoms with E-state index >= 15 is 0 Å². The smallest absolute Gasteiger partial charge is 0.310 e. The van der Waals surface area contributed by atoms with Gasteiger partial charge in [0, 0.05) is 13.0 Å². The average molecular weight is 384 g/mol. The van der Waals surface area contributed by atoms with Crippen molar-refractivity contribution in [2.24, 2.45) is 5.41 Å². The third-order valence-corrected chi connectivity index (χ3v) is 6.99. The highest BCUT2D eigenvalue weighted by molar-refractivity contribution is 7.93. The first-order valence-electron chi connectivity index (χ1n) is 8.57. The van der Waals surface area contributed by atoms with Gasteiger partial charge in [-0.2, -0.15) is 0 Å². The van der Waals surface area contributed by atoms with Crippen LogP contribution in [-0.4, -0.2) is 37.7 Å². The van der Waals surface area contributed by atoms with Crippen LogP contribution in [0.2, 0.25) is 0 Å². The van der Waals surface area contributed by atoms with Crippen LogP contribution in [0.3, 0.4) is 0 Å². The lowest BCUT2D eigenvalue weighted by Gasteiger charge is -2.23. The van der Waals surface area contributed by atoms with Gasteiger partial charge < -0.3 is 10.4 Å². The standard InChI is InChI=1S/C17H21FN2O5S/c18-13-5-4-12(20-8-3-9-26(20,24)25)10-14(13)19-15(21)11-17(16(22)23)6-1-2-7-17/h4-5,10H,1-3,6-9,11H2,(H,19,21)(H,22,23). The van der Waals surface area contributed by atoms with Crippen LogP contribution in [0.5, 0.6) is 0 Å². The van der Waals surface area contributed by atoms with Gasteiger partial charge in [-0.15, -0.1) is 0 Å². The summed E-state index contributed by atoms with van der Waals surface area (Å²) in [6.07, 6.45) is 2.59. The molecule has 0 unspecified atom stereocenters. The molecule has 1 saturated heterocycles. The molecule has 1 aliphatic heterocycles. The van der Waals surface area contributed by atoms with Crippen LogP contribution in [0, 0.1) is 11.2 Å². The summed E-state index contributed by atoms with van der Waals surface area (Å²) in [5, 5.41) is 11.9. The molecule has 1 saturated carbocycles. The number of carbonyl (C=O) groups is 2. The first-order valence-corrected chi connectivity index (χ1v) is 10.2. The van der Waals surface area contributed by atoms with Crippen molar-refractivity contribution in [1.29, 1.82) is 0 Å². The molecule has 7 nitrogen and oxygen atoms in total. The zero-order valence-electron chi connectivity index (χ0n) is 14.2. The Kier molecular flexibility index (Phi) is 4.92. The van der Waals surface area contributed by atoms with Crippen LogP contribution in [0.4, 0.5) is 15.8 Å². The van der Waals surface area contributed by atoms with E-state index in [4.69, 9.17) is 0 Å². The molecule has 1 amide bonds. The molecule has 0 bridgehead atoms. The first-order chi connectivity index (χ1) is 12.2. The molecule has 1 aromatic carbocycles. The fourth-order valence-corrected chi connectivity index (χ4v) is 5.27. The van der Waals surface area contributed by atoms with Gasteiger partial charge in [0.25, 0.3) is 0 Å². The summed E-state index contributed by atoms with van der Waals surface area (Å²) in [4.78, 5) is 23.9. The zero-order chi connectivity index (χ0) is 18.9. The SMILES string of the molecule is O=C(CC1(C(=O)O)CCCC1)Nc1cc(N2CCCS2(=O)=O)ccc1F. The number of carboxylic acid groups (broad SMARTS) is 1. The first kappa shape index (κ1) is 18.6. The molecule has 2 N–H and O–H groups in total. The Morgan fingerprint density at radius 1 is 1.23 bits per heavy atom. The molecule has 0 spiro atoms. The molecule has 0 atom stereocenters. The van der Waals surface area contributed by atoms with Crippen molar-refractivity contribution in [2.75, 3.05) is 21.9 Å². The molecule has 3 rings (SSSR count). The summed E-state index contributed by atoms with van der Waals surface area (Å²) in [6, 6.07) is 3.73. The summed E-state index contributed by atoms with van der Waals surface area (Å²) in [5.74, 6) is -2.26. The topological polar surface area (TPSA) is 104 Å².